The van der Waals surface area contributed by atoms with Gasteiger partial charge in [0.2, 0.25) is 5.58 Å². The topological polar surface area (TPSA) is 34.8 Å². The highest BCUT2D eigenvalue weighted by atomic mass is 16.4. The number of pyridine rings is 1. The minimum absolute atomic E-state index is 0.780. The fraction of sp³-hybridized carbons (Fsp3) is 0.125. The Hall–Kier alpha value is -2.62. The molecule has 0 radical (unpaired) electrons. The van der Waals surface area contributed by atoms with Crippen LogP contribution >= 0.6 is 0 Å². The zero-order chi connectivity index (χ0) is 13.3. The third-order valence-corrected chi connectivity index (χ3v) is 4.16. The fourth-order valence-electron chi connectivity index (χ4n) is 3.25. The van der Waals surface area contributed by atoms with Gasteiger partial charge in [-0.2, -0.15) is 4.57 Å². The largest absolute Gasteiger partial charge is 0.413 e. The molecule has 0 unspecified atom stereocenters. The van der Waals surface area contributed by atoms with E-state index in [1.807, 2.05) is 12.3 Å². The summed E-state index contributed by atoms with van der Waals surface area (Å²) in [7, 11) is 2.09. The van der Waals surface area contributed by atoms with Crippen LogP contribution in [0.5, 0.6) is 0 Å². The highest BCUT2D eigenvalue weighted by molar-refractivity contribution is 6.02. The molecule has 0 amide bonds. The maximum absolute atomic E-state index is 6.17. The molecule has 4 aromatic rings. The molecule has 4 nitrogen and oxygen atoms in total. The molecule has 0 atom stereocenters. The summed E-state index contributed by atoms with van der Waals surface area (Å²) in [6.45, 7) is 0.780. The number of nitrogens with zero attached hydrogens (tertiary/aromatic N) is 3. The Balaban J connectivity index is 1.97. The number of para-hydroxylation sites is 1. The molecule has 3 aromatic heterocycles. The van der Waals surface area contributed by atoms with Crippen molar-refractivity contribution < 1.29 is 8.98 Å². The number of fused-ring (bicyclic) bond motifs is 7. The maximum Gasteiger partial charge on any atom is 0.329 e. The van der Waals surface area contributed by atoms with Crippen LogP contribution in [0.3, 0.4) is 0 Å². The van der Waals surface area contributed by atoms with Crippen molar-refractivity contribution in [3.63, 3.8) is 0 Å². The summed E-state index contributed by atoms with van der Waals surface area (Å²) < 4.78 is 10.6. The van der Waals surface area contributed by atoms with E-state index in [1.54, 1.807) is 0 Å². The molecule has 0 saturated heterocycles. The predicted octanol–water partition coefficient (Wildman–Crippen LogP) is 2.64. The monoisotopic (exact) mass is 262 g/mol. The van der Waals surface area contributed by atoms with Gasteiger partial charge < -0.3 is 4.42 Å². The van der Waals surface area contributed by atoms with Crippen LogP contribution in [0.15, 0.2) is 47.0 Å². The van der Waals surface area contributed by atoms with E-state index >= 15 is 0 Å². The molecule has 96 valence electrons. The highest BCUT2D eigenvalue weighted by Crippen LogP contribution is 2.34. The van der Waals surface area contributed by atoms with Gasteiger partial charge in [0, 0.05) is 6.20 Å². The van der Waals surface area contributed by atoms with Crippen LogP contribution < -0.4 is 4.57 Å². The Morgan fingerprint density at radius 1 is 1.20 bits per heavy atom. The van der Waals surface area contributed by atoms with E-state index < -0.39 is 0 Å². The summed E-state index contributed by atoms with van der Waals surface area (Å²) in [6, 6.07) is 12.4. The van der Waals surface area contributed by atoms with Gasteiger partial charge in [0.15, 0.2) is 0 Å². The van der Waals surface area contributed by atoms with Gasteiger partial charge in [-0.25, -0.2) is 4.57 Å². The number of hydrogen-bond acceptors (Lipinski definition) is 2. The summed E-state index contributed by atoms with van der Waals surface area (Å²) in [6.07, 6.45) is 1.84. The second kappa shape index (κ2) is 3.28. The first-order valence-corrected chi connectivity index (χ1v) is 6.68. The van der Waals surface area contributed by atoms with Crippen molar-refractivity contribution >= 4 is 22.1 Å². The van der Waals surface area contributed by atoms with Crippen LogP contribution in [0.2, 0.25) is 0 Å². The molecule has 0 aliphatic carbocycles. The number of aryl methyl sites for hydroxylation is 1. The van der Waals surface area contributed by atoms with Crippen molar-refractivity contribution in [3.05, 3.63) is 48.3 Å². The lowest BCUT2D eigenvalue weighted by molar-refractivity contribution is -0.652. The van der Waals surface area contributed by atoms with Gasteiger partial charge in [-0.3, -0.25) is 4.98 Å². The Bertz CT molecular complexity index is 994. The van der Waals surface area contributed by atoms with E-state index in [9.17, 15) is 0 Å². The quantitative estimate of drug-likeness (QED) is 0.402. The summed E-state index contributed by atoms with van der Waals surface area (Å²) in [4.78, 5) is 4.45. The van der Waals surface area contributed by atoms with Crippen molar-refractivity contribution in [2.45, 2.75) is 6.54 Å². The van der Waals surface area contributed by atoms with E-state index in [4.69, 9.17) is 4.42 Å². The van der Waals surface area contributed by atoms with Gasteiger partial charge in [0.05, 0.1) is 23.7 Å². The normalized spacial score (nSPS) is 13.1. The van der Waals surface area contributed by atoms with Gasteiger partial charge in [-0.15, -0.1) is 0 Å². The fourth-order valence-corrected chi connectivity index (χ4v) is 3.25. The molecule has 0 saturated carbocycles. The van der Waals surface area contributed by atoms with E-state index in [0.29, 0.717) is 0 Å². The minimum atomic E-state index is 0.780. The summed E-state index contributed by atoms with van der Waals surface area (Å²) in [5.74, 6) is 0.916. The molecule has 1 aliphatic rings. The van der Waals surface area contributed by atoms with Gasteiger partial charge in [-0.1, -0.05) is 12.1 Å². The summed E-state index contributed by atoms with van der Waals surface area (Å²) >= 11 is 0. The molecule has 20 heavy (non-hydrogen) atoms. The lowest BCUT2D eigenvalue weighted by atomic mass is 10.2. The Labute approximate surface area is 114 Å². The average Bonchev–Trinajstić information content (AvgIpc) is 3.09. The first-order valence-electron chi connectivity index (χ1n) is 6.68. The molecule has 0 fully saturated rings. The Morgan fingerprint density at radius 2 is 2.10 bits per heavy atom. The number of oxazole rings is 1. The van der Waals surface area contributed by atoms with Crippen molar-refractivity contribution in [3.8, 4) is 11.5 Å². The lowest BCUT2D eigenvalue weighted by Gasteiger charge is -1.91. The zero-order valence-electron chi connectivity index (χ0n) is 11.0. The molecule has 4 heteroatoms. The van der Waals surface area contributed by atoms with Crippen molar-refractivity contribution in [2.75, 3.05) is 0 Å². The molecule has 1 aromatic carbocycles. The van der Waals surface area contributed by atoms with E-state index in [-0.39, 0.29) is 0 Å². The minimum Gasteiger partial charge on any atom is -0.413 e. The summed E-state index contributed by atoms with van der Waals surface area (Å²) in [5.41, 5.74) is 5.47. The first-order chi connectivity index (χ1) is 9.84. The molecule has 0 N–H and O–H groups in total. The Kier molecular flexibility index (Phi) is 1.67. The van der Waals surface area contributed by atoms with Crippen LogP contribution in [0.1, 0.15) is 5.69 Å². The highest BCUT2D eigenvalue weighted by Gasteiger charge is 2.34. The van der Waals surface area contributed by atoms with Gasteiger partial charge >= 0.3 is 5.65 Å². The number of rotatable bonds is 0. The molecule has 4 heterocycles. The van der Waals surface area contributed by atoms with Crippen molar-refractivity contribution in [1.29, 1.82) is 0 Å². The third kappa shape index (κ3) is 1.04. The molecule has 0 bridgehead atoms. The third-order valence-electron chi connectivity index (χ3n) is 4.16. The van der Waals surface area contributed by atoms with Crippen LogP contribution in [0.25, 0.3) is 33.6 Å². The number of aromatic nitrogens is 3. The van der Waals surface area contributed by atoms with Crippen LogP contribution in [0.4, 0.5) is 0 Å². The number of benzene rings is 1. The van der Waals surface area contributed by atoms with Crippen molar-refractivity contribution in [2.24, 2.45) is 7.05 Å². The summed E-state index contributed by atoms with van der Waals surface area (Å²) in [5, 5.41) is 1.16. The molecule has 0 spiro atoms. The zero-order valence-corrected chi connectivity index (χ0v) is 11.0. The number of hydrogen-bond donors (Lipinski definition) is 0. The smallest absolute Gasteiger partial charge is 0.329 e. The second-order valence-corrected chi connectivity index (χ2v) is 5.22. The predicted molar refractivity (Wildman–Crippen MR) is 75.2 cm³/mol. The lowest BCUT2D eigenvalue weighted by Crippen LogP contribution is -2.32. The standard InChI is InChI=1S/C16H12N3O/c1-18-13-7-3-2-5-11(13)14-15(18)19-9-12-10(16(19)20-14)6-4-8-17-12/h2-8H,9H2,1H3/q+1. The first kappa shape index (κ1) is 10.2. The average molecular weight is 262 g/mol. The van der Waals surface area contributed by atoms with Crippen LogP contribution in [-0.4, -0.2) is 9.55 Å². The molecule has 1 aliphatic heterocycles. The van der Waals surface area contributed by atoms with E-state index in [0.717, 1.165) is 40.3 Å². The van der Waals surface area contributed by atoms with Gasteiger partial charge in [0.25, 0.3) is 5.89 Å². The molecular weight excluding hydrogens is 250 g/mol. The maximum atomic E-state index is 6.17. The van der Waals surface area contributed by atoms with Crippen LogP contribution in [-0.2, 0) is 13.6 Å². The Morgan fingerprint density at radius 3 is 3.05 bits per heavy atom. The second-order valence-electron chi connectivity index (χ2n) is 5.22. The van der Waals surface area contributed by atoms with E-state index in [1.165, 1.54) is 5.52 Å². The SMILES string of the molecule is Cn1c2ccccc2c2oc3[n+](c21)Cc1ncccc1-3. The molecule has 5 rings (SSSR count). The van der Waals surface area contributed by atoms with Gasteiger partial charge in [-0.05, 0) is 24.3 Å². The molecular formula is C16H12N3O+. The van der Waals surface area contributed by atoms with Crippen molar-refractivity contribution in [1.82, 2.24) is 9.55 Å². The van der Waals surface area contributed by atoms with E-state index in [2.05, 4.69) is 51.5 Å². The van der Waals surface area contributed by atoms with Gasteiger partial charge in [0.1, 0.15) is 12.1 Å². The van der Waals surface area contributed by atoms with Crippen LogP contribution in [0, 0.1) is 0 Å².